The summed E-state index contributed by atoms with van der Waals surface area (Å²) >= 11 is 0. The molecule has 0 saturated heterocycles. The molecular formula is C14H23N3O2S. The van der Waals surface area contributed by atoms with Crippen molar-refractivity contribution in [3.8, 4) is 0 Å². The van der Waals surface area contributed by atoms with Gasteiger partial charge in [-0.2, -0.15) is 5.10 Å². The van der Waals surface area contributed by atoms with Crippen LogP contribution in [-0.4, -0.2) is 19.9 Å². The number of amides is 1. The van der Waals surface area contributed by atoms with E-state index in [1.165, 1.54) is 0 Å². The maximum absolute atomic E-state index is 12.0. The highest BCUT2D eigenvalue weighted by Crippen LogP contribution is 2.32. The van der Waals surface area contributed by atoms with Crippen LogP contribution in [0.25, 0.3) is 0 Å². The van der Waals surface area contributed by atoms with Crippen molar-refractivity contribution in [3.63, 3.8) is 0 Å². The summed E-state index contributed by atoms with van der Waals surface area (Å²) in [7, 11) is -0.881. The molecular weight excluding hydrogens is 274 g/mol. The zero-order chi connectivity index (χ0) is 14.9. The van der Waals surface area contributed by atoms with Crippen LogP contribution in [0.15, 0.2) is 0 Å². The van der Waals surface area contributed by atoms with Crippen LogP contribution in [0.4, 0.5) is 5.82 Å². The number of hydrogen-bond donors (Lipinski definition) is 1. The van der Waals surface area contributed by atoms with Gasteiger partial charge in [0.2, 0.25) is 5.91 Å². The number of carbonyl (C=O) groups excluding carboxylic acids is 1. The number of anilines is 1. The van der Waals surface area contributed by atoms with E-state index in [4.69, 9.17) is 0 Å². The van der Waals surface area contributed by atoms with E-state index in [2.05, 4.69) is 17.3 Å². The fraction of sp³-hybridized carbons (Fsp3) is 0.714. The Morgan fingerprint density at radius 1 is 1.40 bits per heavy atom. The molecule has 0 unspecified atom stereocenters. The average Bonchev–Trinajstić information content (AvgIpc) is 2.84. The minimum atomic E-state index is -0.881. The number of aromatic nitrogens is 2. The van der Waals surface area contributed by atoms with E-state index >= 15 is 0 Å². The molecule has 2 rings (SSSR count). The van der Waals surface area contributed by atoms with E-state index in [0.29, 0.717) is 17.9 Å². The van der Waals surface area contributed by atoms with Gasteiger partial charge in [0.1, 0.15) is 5.82 Å². The molecule has 5 nitrogen and oxygen atoms in total. The summed E-state index contributed by atoms with van der Waals surface area (Å²) in [4.78, 5) is 12.0. The number of nitrogens with zero attached hydrogens (tertiary/aromatic N) is 2. The smallest absolute Gasteiger partial charge is 0.225 e. The molecule has 0 bridgehead atoms. The highest BCUT2D eigenvalue weighted by atomic mass is 32.2. The Morgan fingerprint density at radius 2 is 2.10 bits per heavy atom. The predicted octanol–water partition coefficient (Wildman–Crippen LogP) is 2.53. The van der Waals surface area contributed by atoms with Crippen molar-refractivity contribution < 1.29 is 9.00 Å². The Morgan fingerprint density at radius 3 is 2.70 bits per heavy atom. The van der Waals surface area contributed by atoms with Crippen LogP contribution < -0.4 is 5.32 Å². The molecule has 1 aliphatic rings. The summed E-state index contributed by atoms with van der Waals surface area (Å²) in [5, 5.41) is 7.53. The van der Waals surface area contributed by atoms with Crippen molar-refractivity contribution in [3.05, 3.63) is 11.3 Å². The van der Waals surface area contributed by atoms with Crippen molar-refractivity contribution in [2.75, 3.05) is 5.32 Å². The summed E-state index contributed by atoms with van der Waals surface area (Å²) in [6.45, 7) is 8.21. The normalized spacial score (nSPS) is 18.1. The quantitative estimate of drug-likeness (QED) is 0.929. The Hall–Kier alpha value is -1.17. The van der Waals surface area contributed by atoms with E-state index in [0.717, 1.165) is 29.9 Å². The second-order valence-electron chi connectivity index (χ2n) is 6.24. The van der Waals surface area contributed by atoms with Gasteiger partial charge in [0.25, 0.3) is 0 Å². The Kier molecular flexibility index (Phi) is 4.32. The minimum absolute atomic E-state index is 0.0118. The van der Waals surface area contributed by atoms with Crippen molar-refractivity contribution in [1.82, 2.24) is 9.78 Å². The van der Waals surface area contributed by atoms with Crippen LogP contribution in [0.5, 0.6) is 0 Å². The molecule has 20 heavy (non-hydrogen) atoms. The van der Waals surface area contributed by atoms with Crippen molar-refractivity contribution in [2.45, 2.75) is 64.0 Å². The molecule has 1 aliphatic heterocycles. The molecule has 1 N–H and O–H groups in total. The number of fused-ring (bicyclic) bond motifs is 1. The van der Waals surface area contributed by atoms with Crippen molar-refractivity contribution >= 4 is 22.5 Å². The van der Waals surface area contributed by atoms with E-state index in [1.54, 1.807) is 0 Å². The maximum atomic E-state index is 12.0. The number of nitrogens with one attached hydrogen (secondary N) is 1. The first-order valence-corrected chi connectivity index (χ1v) is 8.57. The third-order valence-electron chi connectivity index (χ3n) is 3.32. The number of carbonyl (C=O) groups is 1. The Balaban J connectivity index is 2.30. The van der Waals surface area contributed by atoms with E-state index in [-0.39, 0.29) is 11.4 Å². The highest BCUT2D eigenvalue weighted by Gasteiger charge is 2.31. The molecule has 1 aromatic rings. The van der Waals surface area contributed by atoms with E-state index < -0.39 is 10.8 Å². The fourth-order valence-electron chi connectivity index (χ4n) is 2.27. The van der Waals surface area contributed by atoms with Gasteiger partial charge >= 0.3 is 0 Å². The topological polar surface area (TPSA) is 64.0 Å². The van der Waals surface area contributed by atoms with Gasteiger partial charge in [-0.25, -0.2) is 4.68 Å². The fourth-order valence-corrected chi connectivity index (χ4v) is 3.54. The summed E-state index contributed by atoms with van der Waals surface area (Å²) in [5.74, 6) is 1.74. The van der Waals surface area contributed by atoms with Crippen LogP contribution in [0.3, 0.4) is 0 Å². The molecule has 1 aromatic heterocycles. The molecule has 0 saturated carbocycles. The van der Waals surface area contributed by atoms with Crippen LogP contribution in [0, 0.1) is 0 Å². The molecule has 0 aromatic carbocycles. The van der Waals surface area contributed by atoms with Crippen molar-refractivity contribution in [2.24, 2.45) is 0 Å². The first-order chi connectivity index (χ1) is 9.32. The van der Waals surface area contributed by atoms with Gasteiger partial charge in [0, 0.05) is 22.8 Å². The lowest BCUT2D eigenvalue weighted by Crippen LogP contribution is -2.27. The monoisotopic (exact) mass is 297 g/mol. The highest BCUT2D eigenvalue weighted by molar-refractivity contribution is 7.83. The molecule has 0 fully saturated rings. The standard InChI is InChI=1S/C14H23N3O2S/c1-5-6-7-12(18)15-13-10-8-20(19)9-11(10)16-17(13)14(2,3)4/h5-9H2,1-4H3,(H,15,18)/t20-/m0/s1. The lowest BCUT2D eigenvalue weighted by atomic mass is 10.1. The average molecular weight is 297 g/mol. The molecule has 1 atom stereocenters. The third-order valence-corrected chi connectivity index (χ3v) is 4.53. The first-order valence-electron chi connectivity index (χ1n) is 7.09. The van der Waals surface area contributed by atoms with Crippen molar-refractivity contribution in [1.29, 1.82) is 0 Å². The number of unbranched alkanes of at least 4 members (excludes halogenated alkanes) is 1. The first kappa shape index (κ1) is 15.2. The van der Waals surface area contributed by atoms with Gasteiger partial charge in [0.05, 0.1) is 22.7 Å². The van der Waals surface area contributed by atoms with Gasteiger partial charge in [-0.1, -0.05) is 13.3 Å². The number of hydrogen-bond acceptors (Lipinski definition) is 3. The predicted molar refractivity (Wildman–Crippen MR) is 80.9 cm³/mol. The Labute approximate surface area is 122 Å². The largest absolute Gasteiger partial charge is 0.311 e. The molecule has 6 heteroatoms. The SMILES string of the molecule is CCCCC(=O)Nc1c2c(nn1C(C)(C)C)C[S@@](=O)C2. The lowest BCUT2D eigenvalue weighted by molar-refractivity contribution is -0.116. The third kappa shape index (κ3) is 3.11. The molecule has 0 radical (unpaired) electrons. The van der Waals surface area contributed by atoms with Crippen LogP contribution in [0.1, 0.15) is 58.2 Å². The molecule has 2 heterocycles. The zero-order valence-corrected chi connectivity index (χ0v) is 13.5. The summed E-state index contributed by atoms with van der Waals surface area (Å²) in [6, 6.07) is 0. The molecule has 1 amide bonds. The minimum Gasteiger partial charge on any atom is -0.311 e. The van der Waals surface area contributed by atoms with Gasteiger partial charge in [0.15, 0.2) is 0 Å². The molecule has 112 valence electrons. The number of rotatable bonds is 4. The van der Waals surface area contributed by atoms with Gasteiger partial charge in [-0.05, 0) is 27.2 Å². The lowest BCUT2D eigenvalue weighted by Gasteiger charge is -2.23. The van der Waals surface area contributed by atoms with Crippen LogP contribution >= 0.6 is 0 Å². The second kappa shape index (κ2) is 5.68. The summed E-state index contributed by atoms with van der Waals surface area (Å²) in [5.41, 5.74) is 1.60. The molecule has 0 spiro atoms. The summed E-state index contributed by atoms with van der Waals surface area (Å²) in [6.07, 6.45) is 2.39. The van der Waals surface area contributed by atoms with Gasteiger partial charge in [-0.3, -0.25) is 9.00 Å². The maximum Gasteiger partial charge on any atom is 0.225 e. The molecule has 0 aliphatic carbocycles. The second-order valence-corrected chi connectivity index (χ2v) is 7.69. The van der Waals surface area contributed by atoms with E-state index in [1.807, 2.05) is 25.5 Å². The summed E-state index contributed by atoms with van der Waals surface area (Å²) < 4.78 is 13.5. The van der Waals surface area contributed by atoms with Gasteiger partial charge in [-0.15, -0.1) is 0 Å². The Bertz CT molecular complexity index is 543. The van der Waals surface area contributed by atoms with Gasteiger partial charge < -0.3 is 5.32 Å². The van der Waals surface area contributed by atoms with E-state index in [9.17, 15) is 9.00 Å². The van der Waals surface area contributed by atoms with Crippen LogP contribution in [0.2, 0.25) is 0 Å². The zero-order valence-electron chi connectivity index (χ0n) is 12.7. The van der Waals surface area contributed by atoms with Crippen LogP contribution in [-0.2, 0) is 32.6 Å².